The molecule has 3 nitrogen and oxygen atoms in total. The summed E-state index contributed by atoms with van der Waals surface area (Å²) in [5.74, 6) is 0.989. The molecular formula is C11H12ClN3S. The van der Waals surface area contributed by atoms with Gasteiger partial charge < -0.3 is 9.88 Å². The van der Waals surface area contributed by atoms with Gasteiger partial charge in [-0.15, -0.1) is 11.3 Å². The predicted molar refractivity (Wildman–Crippen MR) is 68.4 cm³/mol. The van der Waals surface area contributed by atoms with Crippen LogP contribution >= 0.6 is 22.9 Å². The average Bonchev–Trinajstić information content (AvgIpc) is 2.84. The highest BCUT2D eigenvalue weighted by Crippen LogP contribution is 2.34. The Bertz CT molecular complexity index is 529. The molecule has 0 saturated carbocycles. The highest BCUT2D eigenvalue weighted by atomic mass is 35.5. The Hall–Kier alpha value is -1.00. The van der Waals surface area contributed by atoms with Gasteiger partial charge in [0.25, 0.3) is 0 Å². The molecule has 2 aromatic heterocycles. The van der Waals surface area contributed by atoms with E-state index in [0.29, 0.717) is 0 Å². The number of aromatic nitrogens is 2. The molecule has 84 valence electrons. The molecule has 1 aliphatic heterocycles. The molecule has 3 heterocycles. The first-order chi connectivity index (χ1) is 7.75. The number of rotatable bonds is 1. The maximum atomic E-state index is 5.96. The molecule has 0 aliphatic carbocycles. The molecule has 0 atom stereocenters. The van der Waals surface area contributed by atoms with Crippen molar-refractivity contribution in [3.8, 4) is 10.6 Å². The number of fused-ring (bicyclic) bond motifs is 1. The molecule has 16 heavy (non-hydrogen) atoms. The Morgan fingerprint density at radius 1 is 1.50 bits per heavy atom. The van der Waals surface area contributed by atoms with Crippen molar-refractivity contribution in [2.75, 3.05) is 11.9 Å². The van der Waals surface area contributed by atoms with Gasteiger partial charge in [-0.2, -0.15) is 0 Å². The summed E-state index contributed by atoms with van der Waals surface area (Å²) >= 11 is 7.54. The molecule has 0 bridgehead atoms. The van der Waals surface area contributed by atoms with E-state index in [1.165, 1.54) is 5.69 Å². The van der Waals surface area contributed by atoms with Crippen molar-refractivity contribution < 1.29 is 0 Å². The lowest BCUT2D eigenvalue weighted by Crippen LogP contribution is -2.17. The Morgan fingerprint density at radius 2 is 2.38 bits per heavy atom. The van der Waals surface area contributed by atoms with Crippen LogP contribution in [0.1, 0.15) is 12.1 Å². The van der Waals surface area contributed by atoms with Crippen molar-refractivity contribution in [2.24, 2.45) is 0 Å². The normalized spacial score (nSPS) is 14.6. The second-order valence-corrected chi connectivity index (χ2v) is 5.62. The van der Waals surface area contributed by atoms with Gasteiger partial charge in [-0.05, 0) is 25.5 Å². The number of thiophene rings is 1. The van der Waals surface area contributed by atoms with E-state index < -0.39 is 0 Å². The van der Waals surface area contributed by atoms with E-state index in [0.717, 1.165) is 40.4 Å². The zero-order chi connectivity index (χ0) is 11.1. The SMILES string of the molecule is Cc1c(-c2ccc(Cl)s2)nc2n1CCCN2. The molecule has 3 rings (SSSR count). The monoisotopic (exact) mass is 253 g/mol. The Balaban J connectivity index is 2.11. The van der Waals surface area contributed by atoms with E-state index in [-0.39, 0.29) is 0 Å². The molecule has 1 aliphatic rings. The van der Waals surface area contributed by atoms with Gasteiger partial charge in [0.05, 0.1) is 9.21 Å². The standard InChI is InChI=1S/C11H12ClN3S/c1-7-10(8-3-4-9(12)16-8)14-11-13-5-2-6-15(7)11/h3-4H,2,5-6H2,1H3,(H,13,14). The average molecular weight is 254 g/mol. The van der Waals surface area contributed by atoms with E-state index in [9.17, 15) is 0 Å². The second-order valence-electron chi connectivity index (χ2n) is 3.91. The van der Waals surface area contributed by atoms with Crippen molar-refractivity contribution in [2.45, 2.75) is 19.9 Å². The van der Waals surface area contributed by atoms with Crippen LogP contribution in [-0.4, -0.2) is 16.1 Å². The van der Waals surface area contributed by atoms with E-state index in [4.69, 9.17) is 11.6 Å². The van der Waals surface area contributed by atoms with Gasteiger partial charge in [-0.3, -0.25) is 0 Å². The van der Waals surface area contributed by atoms with Crippen molar-refractivity contribution >= 4 is 28.9 Å². The number of imidazole rings is 1. The molecule has 0 aromatic carbocycles. The molecule has 1 N–H and O–H groups in total. The summed E-state index contributed by atoms with van der Waals surface area (Å²) in [6.45, 7) is 4.19. The third kappa shape index (κ3) is 1.53. The summed E-state index contributed by atoms with van der Waals surface area (Å²) in [6.07, 6.45) is 1.16. The fourth-order valence-electron chi connectivity index (χ4n) is 2.05. The minimum atomic E-state index is 0.813. The third-order valence-electron chi connectivity index (χ3n) is 2.87. The largest absolute Gasteiger partial charge is 0.356 e. The van der Waals surface area contributed by atoms with Gasteiger partial charge in [-0.25, -0.2) is 4.98 Å². The summed E-state index contributed by atoms with van der Waals surface area (Å²) in [5.41, 5.74) is 2.28. The van der Waals surface area contributed by atoms with Crippen LogP contribution in [-0.2, 0) is 6.54 Å². The van der Waals surface area contributed by atoms with E-state index in [1.54, 1.807) is 11.3 Å². The van der Waals surface area contributed by atoms with Crippen LogP contribution in [0.15, 0.2) is 12.1 Å². The Kier molecular flexibility index (Phi) is 2.41. The zero-order valence-corrected chi connectivity index (χ0v) is 10.5. The van der Waals surface area contributed by atoms with Crippen molar-refractivity contribution in [1.82, 2.24) is 9.55 Å². The van der Waals surface area contributed by atoms with Crippen molar-refractivity contribution in [1.29, 1.82) is 0 Å². The van der Waals surface area contributed by atoms with E-state index in [1.807, 2.05) is 12.1 Å². The minimum Gasteiger partial charge on any atom is -0.356 e. The summed E-state index contributed by atoms with van der Waals surface area (Å²) in [7, 11) is 0. The number of halogens is 1. The van der Waals surface area contributed by atoms with Crippen LogP contribution in [0.25, 0.3) is 10.6 Å². The third-order valence-corrected chi connectivity index (χ3v) is 4.11. The summed E-state index contributed by atoms with van der Waals surface area (Å²) in [5, 5.41) is 3.32. The molecule has 5 heteroatoms. The smallest absolute Gasteiger partial charge is 0.203 e. The summed E-state index contributed by atoms with van der Waals surface area (Å²) in [4.78, 5) is 5.78. The molecule has 0 saturated heterocycles. The number of nitrogens with zero attached hydrogens (tertiary/aromatic N) is 2. The van der Waals surface area contributed by atoms with Gasteiger partial charge in [0.2, 0.25) is 5.95 Å². The number of nitrogens with one attached hydrogen (secondary N) is 1. The lowest BCUT2D eigenvalue weighted by atomic mass is 10.3. The first-order valence-corrected chi connectivity index (χ1v) is 6.52. The molecular weight excluding hydrogens is 242 g/mol. The van der Waals surface area contributed by atoms with Gasteiger partial charge in [0, 0.05) is 18.8 Å². The molecule has 0 unspecified atom stereocenters. The molecule has 0 fully saturated rings. The molecule has 0 spiro atoms. The second kappa shape index (κ2) is 3.79. The first-order valence-electron chi connectivity index (χ1n) is 5.32. The molecule has 0 amide bonds. The summed E-state index contributed by atoms with van der Waals surface area (Å²) in [6, 6.07) is 3.96. The lowest BCUT2D eigenvalue weighted by molar-refractivity contribution is 0.615. The Morgan fingerprint density at radius 3 is 3.06 bits per heavy atom. The minimum absolute atomic E-state index is 0.813. The van der Waals surface area contributed by atoms with Crippen LogP contribution in [0, 0.1) is 6.92 Å². The quantitative estimate of drug-likeness (QED) is 0.844. The number of anilines is 1. The van der Waals surface area contributed by atoms with Crippen LogP contribution in [0.5, 0.6) is 0 Å². The first kappa shape index (κ1) is 10.2. The lowest BCUT2D eigenvalue weighted by Gasteiger charge is -2.16. The maximum absolute atomic E-state index is 5.96. The number of hydrogen-bond donors (Lipinski definition) is 1. The van der Waals surface area contributed by atoms with Crippen LogP contribution in [0.2, 0.25) is 4.34 Å². The van der Waals surface area contributed by atoms with Crippen molar-refractivity contribution in [3.05, 3.63) is 22.2 Å². The number of hydrogen-bond acceptors (Lipinski definition) is 3. The van der Waals surface area contributed by atoms with Crippen LogP contribution in [0.4, 0.5) is 5.95 Å². The topological polar surface area (TPSA) is 29.9 Å². The highest BCUT2D eigenvalue weighted by Gasteiger charge is 2.18. The fraction of sp³-hybridized carbons (Fsp3) is 0.364. The van der Waals surface area contributed by atoms with E-state index >= 15 is 0 Å². The van der Waals surface area contributed by atoms with Crippen LogP contribution in [0.3, 0.4) is 0 Å². The molecule has 2 aromatic rings. The van der Waals surface area contributed by atoms with Gasteiger partial charge >= 0.3 is 0 Å². The zero-order valence-electron chi connectivity index (χ0n) is 8.96. The van der Waals surface area contributed by atoms with E-state index in [2.05, 4.69) is 21.8 Å². The Labute approximate surface area is 103 Å². The van der Waals surface area contributed by atoms with Gasteiger partial charge in [0.1, 0.15) is 5.69 Å². The fourth-order valence-corrected chi connectivity index (χ4v) is 3.14. The maximum Gasteiger partial charge on any atom is 0.203 e. The van der Waals surface area contributed by atoms with Crippen molar-refractivity contribution in [3.63, 3.8) is 0 Å². The van der Waals surface area contributed by atoms with Gasteiger partial charge in [-0.1, -0.05) is 11.6 Å². The highest BCUT2D eigenvalue weighted by molar-refractivity contribution is 7.19. The molecule has 0 radical (unpaired) electrons. The predicted octanol–water partition coefficient (Wildman–Crippen LogP) is 3.39. The van der Waals surface area contributed by atoms with Gasteiger partial charge in [0.15, 0.2) is 0 Å². The van der Waals surface area contributed by atoms with Crippen LogP contribution < -0.4 is 5.32 Å². The summed E-state index contributed by atoms with van der Waals surface area (Å²) < 4.78 is 3.06.